The summed E-state index contributed by atoms with van der Waals surface area (Å²) in [5.74, 6) is 0.170. The largest absolute Gasteiger partial charge is 0.378 e. The van der Waals surface area contributed by atoms with Crippen LogP contribution in [-0.2, 0) is 0 Å². The minimum absolute atomic E-state index is 0.170. The summed E-state index contributed by atoms with van der Waals surface area (Å²) in [5.41, 5.74) is 5.41. The van der Waals surface area contributed by atoms with E-state index in [1.807, 2.05) is 12.1 Å². The minimum Gasteiger partial charge on any atom is -0.378 e. The first-order valence-electron chi connectivity index (χ1n) is 8.58. The molecular weight excluding hydrogens is 284 g/mol. The Balaban J connectivity index is 1.73. The van der Waals surface area contributed by atoms with E-state index in [1.54, 1.807) is 0 Å². The fraction of sp³-hybridized carbons (Fsp3) is 0.450. The number of hydrogen-bond donors (Lipinski definition) is 1. The lowest BCUT2D eigenvalue weighted by atomic mass is 10.1. The smallest absolute Gasteiger partial charge is 0.183 e. The molecule has 1 heterocycles. The standard InChI is InChI=1S/C20H26N2O/c1-14-7-6-8-17(11-14)21-13-20(23)19-12-15(2)22(16(19)3)18-9-4-5-10-18/h6-8,11-12,18,21H,4-5,9-10,13H2,1-3H3. The van der Waals surface area contributed by atoms with Gasteiger partial charge in [0.1, 0.15) is 0 Å². The molecule has 1 aromatic heterocycles. The second-order valence-corrected chi connectivity index (χ2v) is 6.74. The van der Waals surface area contributed by atoms with Crippen molar-refractivity contribution in [2.45, 2.75) is 52.5 Å². The molecule has 0 amide bonds. The van der Waals surface area contributed by atoms with Crippen molar-refractivity contribution in [2.24, 2.45) is 0 Å². The van der Waals surface area contributed by atoms with Gasteiger partial charge in [0.05, 0.1) is 6.54 Å². The average Bonchev–Trinajstić information content (AvgIpc) is 3.13. The Morgan fingerprint density at radius 3 is 2.61 bits per heavy atom. The summed E-state index contributed by atoms with van der Waals surface area (Å²) >= 11 is 0. The summed E-state index contributed by atoms with van der Waals surface area (Å²) in [7, 11) is 0. The molecule has 1 fully saturated rings. The topological polar surface area (TPSA) is 34.0 Å². The van der Waals surface area contributed by atoms with Gasteiger partial charge in [0.25, 0.3) is 0 Å². The van der Waals surface area contributed by atoms with Crippen molar-refractivity contribution in [3.63, 3.8) is 0 Å². The van der Waals surface area contributed by atoms with Gasteiger partial charge < -0.3 is 9.88 Å². The van der Waals surface area contributed by atoms with Crippen molar-refractivity contribution in [1.29, 1.82) is 0 Å². The molecule has 122 valence electrons. The molecule has 0 aliphatic heterocycles. The Morgan fingerprint density at radius 2 is 1.91 bits per heavy atom. The van der Waals surface area contributed by atoms with Crippen LogP contribution in [0.25, 0.3) is 0 Å². The van der Waals surface area contributed by atoms with Gasteiger partial charge in [-0.2, -0.15) is 0 Å². The van der Waals surface area contributed by atoms with Gasteiger partial charge in [-0.1, -0.05) is 25.0 Å². The number of aryl methyl sites for hydroxylation is 2. The van der Waals surface area contributed by atoms with Crippen LogP contribution in [-0.4, -0.2) is 16.9 Å². The Bertz CT molecular complexity index is 708. The number of hydrogen-bond acceptors (Lipinski definition) is 2. The predicted octanol–water partition coefficient (Wildman–Crippen LogP) is 4.82. The van der Waals surface area contributed by atoms with Gasteiger partial charge in [-0.25, -0.2) is 0 Å². The van der Waals surface area contributed by atoms with Gasteiger partial charge in [0, 0.05) is 28.7 Å². The number of nitrogens with zero attached hydrogens (tertiary/aromatic N) is 1. The third-order valence-electron chi connectivity index (χ3n) is 4.95. The number of rotatable bonds is 5. The molecule has 1 aliphatic carbocycles. The Kier molecular flexibility index (Phi) is 4.56. The van der Waals surface area contributed by atoms with Crippen LogP contribution in [0.15, 0.2) is 30.3 Å². The second kappa shape index (κ2) is 6.61. The van der Waals surface area contributed by atoms with Gasteiger partial charge in [-0.05, 0) is 57.4 Å². The third kappa shape index (κ3) is 3.34. The summed E-state index contributed by atoms with van der Waals surface area (Å²) in [5, 5.41) is 3.25. The number of ketones is 1. The van der Waals surface area contributed by atoms with Crippen LogP contribution in [0.5, 0.6) is 0 Å². The maximum atomic E-state index is 12.6. The van der Waals surface area contributed by atoms with Crippen molar-refractivity contribution in [2.75, 3.05) is 11.9 Å². The Morgan fingerprint density at radius 1 is 1.17 bits per heavy atom. The molecule has 1 aliphatic rings. The maximum Gasteiger partial charge on any atom is 0.183 e. The summed E-state index contributed by atoms with van der Waals surface area (Å²) < 4.78 is 2.38. The lowest BCUT2D eigenvalue weighted by Crippen LogP contribution is -2.15. The van der Waals surface area contributed by atoms with Crippen molar-refractivity contribution in [1.82, 2.24) is 4.57 Å². The number of nitrogens with one attached hydrogen (secondary N) is 1. The number of aromatic nitrogens is 1. The van der Waals surface area contributed by atoms with E-state index in [0.29, 0.717) is 12.6 Å². The first-order chi connectivity index (χ1) is 11.1. The summed E-state index contributed by atoms with van der Waals surface area (Å²) in [6.07, 6.45) is 5.09. The number of anilines is 1. The quantitative estimate of drug-likeness (QED) is 0.803. The van der Waals surface area contributed by atoms with E-state index >= 15 is 0 Å². The first-order valence-corrected chi connectivity index (χ1v) is 8.58. The SMILES string of the molecule is Cc1cccc(NCC(=O)c2cc(C)n(C3CCCC3)c2C)c1. The minimum atomic E-state index is 0.170. The lowest BCUT2D eigenvalue weighted by molar-refractivity contribution is 0.101. The molecule has 23 heavy (non-hydrogen) atoms. The van der Waals surface area contributed by atoms with E-state index in [-0.39, 0.29) is 5.78 Å². The van der Waals surface area contributed by atoms with Crippen LogP contribution in [0.3, 0.4) is 0 Å². The summed E-state index contributed by atoms with van der Waals surface area (Å²) in [6, 6.07) is 10.8. The fourth-order valence-corrected chi connectivity index (χ4v) is 3.82. The number of carbonyl (C=O) groups excluding carboxylic acids is 1. The highest BCUT2D eigenvalue weighted by Gasteiger charge is 2.23. The molecule has 0 saturated heterocycles. The molecule has 1 saturated carbocycles. The van der Waals surface area contributed by atoms with Crippen LogP contribution >= 0.6 is 0 Å². The number of carbonyl (C=O) groups is 1. The van der Waals surface area contributed by atoms with Crippen LogP contribution < -0.4 is 5.32 Å². The van der Waals surface area contributed by atoms with Crippen molar-refractivity contribution in [3.8, 4) is 0 Å². The van der Waals surface area contributed by atoms with Crippen LogP contribution in [0.2, 0.25) is 0 Å². The zero-order valence-corrected chi connectivity index (χ0v) is 14.4. The van der Waals surface area contributed by atoms with Gasteiger partial charge >= 0.3 is 0 Å². The summed E-state index contributed by atoms with van der Waals surface area (Å²) in [6.45, 7) is 6.61. The van der Waals surface area contributed by atoms with E-state index < -0.39 is 0 Å². The summed E-state index contributed by atoms with van der Waals surface area (Å²) in [4.78, 5) is 12.6. The van der Waals surface area contributed by atoms with Crippen LogP contribution in [0.4, 0.5) is 5.69 Å². The van der Waals surface area contributed by atoms with Gasteiger partial charge in [0.15, 0.2) is 5.78 Å². The normalized spacial score (nSPS) is 15.1. The highest BCUT2D eigenvalue weighted by atomic mass is 16.1. The monoisotopic (exact) mass is 310 g/mol. The van der Waals surface area contributed by atoms with Crippen molar-refractivity contribution >= 4 is 11.5 Å². The molecular formula is C20H26N2O. The first kappa shape index (κ1) is 15.9. The highest BCUT2D eigenvalue weighted by Crippen LogP contribution is 2.33. The molecule has 3 nitrogen and oxygen atoms in total. The lowest BCUT2D eigenvalue weighted by Gasteiger charge is -2.17. The van der Waals surface area contributed by atoms with Crippen molar-refractivity contribution < 1.29 is 4.79 Å². The molecule has 1 aromatic carbocycles. The fourth-order valence-electron chi connectivity index (χ4n) is 3.82. The van der Waals surface area contributed by atoms with Crippen LogP contribution in [0, 0.1) is 20.8 Å². The molecule has 0 bridgehead atoms. The number of Topliss-reactive ketones (excluding diaryl/α,β-unsaturated/α-hetero) is 1. The average molecular weight is 310 g/mol. The van der Waals surface area contributed by atoms with E-state index in [4.69, 9.17) is 0 Å². The van der Waals surface area contributed by atoms with Gasteiger partial charge in [0.2, 0.25) is 0 Å². The Hall–Kier alpha value is -2.03. The zero-order chi connectivity index (χ0) is 16.4. The van der Waals surface area contributed by atoms with E-state index in [0.717, 1.165) is 16.9 Å². The molecule has 3 heteroatoms. The second-order valence-electron chi connectivity index (χ2n) is 6.74. The van der Waals surface area contributed by atoms with Crippen LogP contribution in [0.1, 0.15) is 59.0 Å². The van der Waals surface area contributed by atoms with Gasteiger partial charge in [-0.3, -0.25) is 4.79 Å². The zero-order valence-electron chi connectivity index (χ0n) is 14.4. The predicted molar refractivity (Wildman–Crippen MR) is 95.4 cm³/mol. The maximum absolute atomic E-state index is 12.6. The number of benzene rings is 1. The molecule has 0 spiro atoms. The highest BCUT2D eigenvalue weighted by molar-refractivity contribution is 6.00. The molecule has 2 aromatic rings. The molecule has 1 N–H and O–H groups in total. The van der Waals surface area contributed by atoms with E-state index in [1.165, 1.54) is 36.9 Å². The van der Waals surface area contributed by atoms with E-state index in [2.05, 4.69) is 48.9 Å². The molecule has 0 unspecified atom stereocenters. The Labute approximate surface area is 138 Å². The molecule has 3 rings (SSSR count). The van der Waals surface area contributed by atoms with Crippen molar-refractivity contribution in [3.05, 3.63) is 52.8 Å². The molecule has 0 radical (unpaired) electrons. The van der Waals surface area contributed by atoms with E-state index in [9.17, 15) is 4.79 Å². The van der Waals surface area contributed by atoms with Gasteiger partial charge in [-0.15, -0.1) is 0 Å². The molecule has 0 atom stereocenters. The third-order valence-corrected chi connectivity index (χ3v) is 4.95.